The summed E-state index contributed by atoms with van der Waals surface area (Å²) in [6, 6.07) is 10.1. The molecule has 0 radical (unpaired) electrons. The number of hydrogen-bond donors (Lipinski definition) is 4. The van der Waals surface area contributed by atoms with E-state index in [0.29, 0.717) is 12.4 Å². The fourth-order valence-electron chi connectivity index (χ4n) is 3.28. The Bertz CT molecular complexity index is 701. The molecule has 1 saturated carbocycles. The largest absolute Gasteiger partial charge is 0.340 e. The van der Waals surface area contributed by atoms with Gasteiger partial charge in [-0.1, -0.05) is 43.2 Å². The maximum Gasteiger partial charge on any atom is 0.340 e. The van der Waals surface area contributed by atoms with Crippen molar-refractivity contribution >= 4 is 6.03 Å². The lowest BCUT2D eigenvalue weighted by atomic mass is 9.79. The molecular formula is C16H21N5O2. The van der Waals surface area contributed by atoms with E-state index >= 15 is 0 Å². The average Bonchev–Trinajstić information content (AvgIpc) is 3.22. The summed E-state index contributed by atoms with van der Waals surface area (Å²) in [5.74, 6) is 0.406. The molecule has 7 heteroatoms. The van der Waals surface area contributed by atoms with Gasteiger partial charge in [0.15, 0.2) is 0 Å². The first-order valence-electron chi connectivity index (χ1n) is 7.89. The fraction of sp³-hybridized carbons (Fsp3) is 0.438. The number of urea groups is 1. The number of aromatic amines is 2. The fourth-order valence-corrected chi connectivity index (χ4v) is 3.28. The molecule has 2 amide bonds. The molecule has 1 heterocycles. The van der Waals surface area contributed by atoms with Crippen molar-refractivity contribution < 1.29 is 4.79 Å². The smallest absolute Gasteiger partial charge is 0.337 e. The molecule has 7 nitrogen and oxygen atoms in total. The summed E-state index contributed by atoms with van der Waals surface area (Å²) >= 11 is 0. The Balaban J connectivity index is 1.57. The molecule has 122 valence electrons. The van der Waals surface area contributed by atoms with E-state index in [1.807, 2.05) is 18.2 Å². The van der Waals surface area contributed by atoms with Gasteiger partial charge in [0.1, 0.15) is 5.82 Å². The van der Waals surface area contributed by atoms with Gasteiger partial charge in [0.25, 0.3) is 0 Å². The van der Waals surface area contributed by atoms with Crippen molar-refractivity contribution in [3.05, 3.63) is 52.2 Å². The normalized spacial score (nSPS) is 16.2. The summed E-state index contributed by atoms with van der Waals surface area (Å²) in [7, 11) is 0. The number of benzene rings is 1. The molecule has 1 aromatic carbocycles. The molecule has 0 bridgehead atoms. The second kappa shape index (κ2) is 6.68. The first kappa shape index (κ1) is 15.3. The minimum Gasteiger partial charge on any atom is -0.337 e. The molecule has 0 aliphatic heterocycles. The highest BCUT2D eigenvalue weighted by molar-refractivity contribution is 5.73. The molecule has 1 aliphatic carbocycles. The Morgan fingerprint density at radius 1 is 1.17 bits per heavy atom. The highest BCUT2D eigenvalue weighted by Crippen LogP contribution is 2.40. The second-order valence-electron chi connectivity index (χ2n) is 6.01. The third-order valence-electron chi connectivity index (χ3n) is 4.50. The zero-order valence-corrected chi connectivity index (χ0v) is 12.9. The van der Waals surface area contributed by atoms with Crippen LogP contribution in [0.2, 0.25) is 0 Å². The lowest BCUT2D eigenvalue weighted by Crippen LogP contribution is -2.43. The van der Waals surface area contributed by atoms with Gasteiger partial charge in [-0.15, -0.1) is 0 Å². The van der Waals surface area contributed by atoms with Gasteiger partial charge in [0.2, 0.25) is 0 Å². The lowest BCUT2D eigenvalue weighted by Gasteiger charge is -2.30. The maximum absolute atomic E-state index is 12.0. The van der Waals surface area contributed by atoms with E-state index in [0.717, 1.165) is 12.8 Å². The lowest BCUT2D eigenvalue weighted by molar-refractivity contribution is 0.236. The molecule has 2 aromatic rings. The standard InChI is InChI=1S/C16H21N5O2/c22-14(17-10-13-19-15(23)21-20-13)18-11-16(8-4-5-9-16)12-6-2-1-3-7-12/h1-3,6-7H,4-5,8-11H2,(H2,17,18,22)(H2,19,20,21,23). The van der Waals surface area contributed by atoms with Crippen molar-refractivity contribution in [2.45, 2.75) is 37.6 Å². The molecule has 23 heavy (non-hydrogen) atoms. The Labute approximate surface area is 133 Å². The summed E-state index contributed by atoms with van der Waals surface area (Å²) in [6.07, 6.45) is 4.55. The van der Waals surface area contributed by atoms with Crippen LogP contribution in [0, 0.1) is 0 Å². The second-order valence-corrected chi connectivity index (χ2v) is 6.01. The topological polar surface area (TPSA) is 103 Å². The van der Waals surface area contributed by atoms with Gasteiger partial charge in [-0.2, -0.15) is 5.10 Å². The van der Waals surface area contributed by atoms with E-state index in [2.05, 4.69) is 37.9 Å². The first-order valence-corrected chi connectivity index (χ1v) is 7.89. The van der Waals surface area contributed by atoms with Crippen LogP contribution in [0.25, 0.3) is 0 Å². The third kappa shape index (κ3) is 3.61. The molecule has 3 rings (SSSR count). The van der Waals surface area contributed by atoms with E-state index in [4.69, 9.17) is 0 Å². The van der Waals surface area contributed by atoms with E-state index in [9.17, 15) is 9.59 Å². The highest BCUT2D eigenvalue weighted by atomic mass is 16.2. The Hall–Kier alpha value is -2.57. The van der Waals surface area contributed by atoms with Gasteiger partial charge in [0, 0.05) is 12.0 Å². The number of H-pyrrole nitrogens is 2. The summed E-state index contributed by atoms with van der Waals surface area (Å²) in [6.45, 7) is 0.794. The van der Waals surface area contributed by atoms with Crippen LogP contribution in [-0.4, -0.2) is 27.8 Å². The van der Waals surface area contributed by atoms with Crippen LogP contribution in [0.3, 0.4) is 0 Å². The number of rotatable bonds is 5. The molecule has 0 unspecified atom stereocenters. The van der Waals surface area contributed by atoms with Crippen LogP contribution in [0.1, 0.15) is 37.1 Å². The summed E-state index contributed by atoms with van der Waals surface area (Å²) < 4.78 is 0. The number of aromatic nitrogens is 3. The van der Waals surface area contributed by atoms with Gasteiger partial charge in [-0.25, -0.2) is 14.7 Å². The van der Waals surface area contributed by atoms with E-state index in [1.165, 1.54) is 18.4 Å². The number of nitrogens with one attached hydrogen (secondary N) is 4. The molecule has 0 atom stereocenters. The van der Waals surface area contributed by atoms with Crippen LogP contribution < -0.4 is 16.3 Å². The molecule has 1 fully saturated rings. The Kier molecular flexibility index (Phi) is 4.45. The molecule has 1 aromatic heterocycles. The maximum atomic E-state index is 12.0. The quantitative estimate of drug-likeness (QED) is 0.671. The summed E-state index contributed by atoms with van der Waals surface area (Å²) in [5, 5.41) is 11.7. The Morgan fingerprint density at radius 3 is 2.57 bits per heavy atom. The van der Waals surface area contributed by atoms with Gasteiger partial charge < -0.3 is 10.6 Å². The van der Waals surface area contributed by atoms with Crippen molar-refractivity contribution in [2.24, 2.45) is 0 Å². The zero-order chi connectivity index (χ0) is 16.1. The van der Waals surface area contributed by atoms with Gasteiger partial charge in [-0.05, 0) is 18.4 Å². The first-order chi connectivity index (χ1) is 11.2. The summed E-state index contributed by atoms with van der Waals surface area (Å²) in [4.78, 5) is 25.4. The highest BCUT2D eigenvalue weighted by Gasteiger charge is 2.35. The van der Waals surface area contributed by atoms with E-state index < -0.39 is 0 Å². The van der Waals surface area contributed by atoms with Crippen molar-refractivity contribution in [1.29, 1.82) is 0 Å². The SMILES string of the molecule is O=C(NCc1n[nH]c(=O)[nH]1)NCC1(c2ccccc2)CCCC1. The van der Waals surface area contributed by atoms with Crippen LogP contribution in [-0.2, 0) is 12.0 Å². The minimum absolute atomic E-state index is 0.0270. The monoisotopic (exact) mass is 315 g/mol. The van der Waals surface area contributed by atoms with Crippen LogP contribution >= 0.6 is 0 Å². The van der Waals surface area contributed by atoms with Crippen molar-refractivity contribution in [1.82, 2.24) is 25.8 Å². The van der Waals surface area contributed by atoms with Crippen LogP contribution in [0.4, 0.5) is 4.79 Å². The number of amides is 2. The summed E-state index contributed by atoms with van der Waals surface area (Å²) in [5.41, 5.74) is 0.935. The predicted molar refractivity (Wildman–Crippen MR) is 86.0 cm³/mol. The van der Waals surface area contributed by atoms with Gasteiger partial charge >= 0.3 is 11.7 Å². The van der Waals surface area contributed by atoms with Gasteiger partial charge in [0.05, 0.1) is 6.54 Å². The van der Waals surface area contributed by atoms with Crippen LogP contribution in [0.5, 0.6) is 0 Å². The molecule has 4 N–H and O–H groups in total. The van der Waals surface area contributed by atoms with E-state index in [1.54, 1.807) is 0 Å². The van der Waals surface area contributed by atoms with Gasteiger partial charge in [-0.3, -0.25) is 4.98 Å². The number of carbonyl (C=O) groups excluding carboxylic acids is 1. The van der Waals surface area contributed by atoms with Crippen molar-refractivity contribution in [3.63, 3.8) is 0 Å². The Morgan fingerprint density at radius 2 is 1.91 bits per heavy atom. The zero-order valence-electron chi connectivity index (χ0n) is 12.9. The average molecular weight is 315 g/mol. The van der Waals surface area contributed by atoms with Crippen LogP contribution in [0.15, 0.2) is 35.1 Å². The molecule has 1 aliphatic rings. The number of carbonyl (C=O) groups is 1. The predicted octanol–water partition coefficient (Wildman–Crippen LogP) is 1.41. The van der Waals surface area contributed by atoms with Crippen molar-refractivity contribution in [2.75, 3.05) is 6.54 Å². The minimum atomic E-state index is -0.379. The molecule has 0 spiro atoms. The molecular weight excluding hydrogens is 294 g/mol. The van der Waals surface area contributed by atoms with Crippen molar-refractivity contribution in [3.8, 4) is 0 Å². The number of nitrogens with zero attached hydrogens (tertiary/aromatic N) is 1. The third-order valence-corrected chi connectivity index (χ3v) is 4.50. The van der Waals surface area contributed by atoms with E-state index in [-0.39, 0.29) is 23.7 Å². The number of hydrogen-bond acceptors (Lipinski definition) is 3. The molecule has 0 saturated heterocycles.